The van der Waals surface area contributed by atoms with E-state index in [-0.39, 0.29) is 10.8 Å². The van der Waals surface area contributed by atoms with Crippen LogP contribution in [0.1, 0.15) is 19.4 Å². The SMILES string of the molecule is Cc1c(Cl)cccc1NC(=O)[C@H](NS(=O)(=O)c1ccc2c(c1)OCCO2)C(C)C. The zero-order chi connectivity index (χ0) is 21.2. The maximum Gasteiger partial charge on any atom is 0.242 e. The van der Waals surface area contributed by atoms with Crippen molar-refractivity contribution in [2.45, 2.75) is 31.7 Å². The maximum absolute atomic E-state index is 12.9. The van der Waals surface area contributed by atoms with Gasteiger partial charge in [-0.3, -0.25) is 4.79 Å². The number of fused-ring (bicyclic) bond motifs is 1. The van der Waals surface area contributed by atoms with Gasteiger partial charge < -0.3 is 14.8 Å². The van der Waals surface area contributed by atoms with Gasteiger partial charge in [0, 0.05) is 16.8 Å². The predicted molar refractivity (Wildman–Crippen MR) is 111 cm³/mol. The Labute approximate surface area is 175 Å². The van der Waals surface area contributed by atoms with E-state index >= 15 is 0 Å². The number of halogens is 1. The molecule has 1 aliphatic heterocycles. The summed E-state index contributed by atoms with van der Waals surface area (Å²) in [6.07, 6.45) is 0. The van der Waals surface area contributed by atoms with Gasteiger partial charge in [0.25, 0.3) is 0 Å². The number of carbonyl (C=O) groups excluding carboxylic acids is 1. The smallest absolute Gasteiger partial charge is 0.242 e. The Morgan fingerprint density at radius 2 is 1.79 bits per heavy atom. The van der Waals surface area contributed by atoms with Crippen LogP contribution in [0.15, 0.2) is 41.3 Å². The van der Waals surface area contributed by atoms with Crippen molar-refractivity contribution in [3.63, 3.8) is 0 Å². The van der Waals surface area contributed by atoms with Crippen molar-refractivity contribution in [2.75, 3.05) is 18.5 Å². The molecule has 0 spiro atoms. The number of benzene rings is 2. The molecule has 0 saturated heterocycles. The largest absolute Gasteiger partial charge is 0.486 e. The second-order valence-corrected chi connectivity index (χ2v) is 9.17. The lowest BCUT2D eigenvalue weighted by atomic mass is 10.0. The fraction of sp³-hybridized carbons (Fsp3) is 0.350. The average Bonchev–Trinajstić information content (AvgIpc) is 2.69. The first kappa shape index (κ1) is 21.4. The van der Waals surface area contributed by atoms with Gasteiger partial charge in [0.15, 0.2) is 11.5 Å². The third kappa shape index (κ3) is 4.83. The molecule has 7 nitrogen and oxygen atoms in total. The summed E-state index contributed by atoms with van der Waals surface area (Å²) in [6.45, 7) is 6.07. The Bertz CT molecular complexity index is 1020. The minimum absolute atomic E-state index is 0.000800. The summed E-state index contributed by atoms with van der Waals surface area (Å²) in [5, 5.41) is 3.28. The molecule has 0 radical (unpaired) electrons. The first-order valence-corrected chi connectivity index (χ1v) is 11.0. The molecule has 29 heavy (non-hydrogen) atoms. The fourth-order valence-electron chi connectivity index (χ4n) is 2.87. The Balaban J connectivity index is 1.82. The number of ether oxygens (including phenoxy) is 2. The highest BCUT2D eigenvalue weighted by atomic mass is 35.5. The van der Waals surface area contributed by atoms with E-state index in [1.165, 1.54) is 12.1 Å². The van der Waals surface area contributed by atoms with Crippen LogP contribution in [0.25, 0.3) is 0 Å². The molecule has 2 aromatic carbocycles. The monoisotopic (exact) mass is 438 g/mol. The number of rotatable bonds is 6. The first-order valence-electron chi connectivity index (χ1n) is 9.17. The van der Waals surface area contributed by atoms with Crippen LogP contribution in [-0.4, -0.2) is 33.6 Å². The maximum atomic E-state index is 12.9. The van der Waals surface area contributed by atoms with Crippen molar-refractivity contribution in [1.82, 2.24) is 4.72 Å². The van der Waals surface area contributed by atoms with Crippen molar-refractivity contribution >= 4 is 33.2 Å². The lowest BCUT2D eigenvalue weighted by Crippen LogP contribution is -2.47. The number of hydrogen-bond acceptors (Lipinski definition) is 5. The highest BCUT2D eigenvalue weighted by molar-refractivity contribution is 7.89. The van der Waals surface area contributed by atoms with E-state index in [1.54, 1.807) is 45.0 Å². The molecule has 1 atom stereocenters. The number of hydrogen-bond donors (Lipinski definition) is 2. The van der Waals surface area contributed by atoms with Crippen LogP contribution in [0.3, 0.4) is 0 Å². The number of amides is 1. The Hall–Kier alpha value is -2.29. The third-order valence-electron chi connectivity index (χ3n) is 4.58. The van der Waals surface area contributed by atoms with E-state index in [1.807, 2.05) is 0 Å². The molecule has 2 aromatic rings. The highest BCUT2D eigenvalue weighted by Crippen LogP contribution is 2.32. The molecule has 0 unspecified atom stereocenters. The molecule has 156 valence electrons. The Morgan fingerprint density at radius 3 is 2.48 bits per heavy atom. The second-order valence-electron chi connectivity index (χ2n) is 7.05. The molecule has 1 heterocycles. The summed E-state index contributed by atoms with van der Waals surface area (Å²) in [6, 6.07) is 8.53. The lowest BCUT2D eigenvalue weighted by molar-refractivity contribution is -0.118. The van der Waals surface area contributed by atoms with Crippen molar-refractivity contribution in [3.8, 4) is 11.5 Å². The summed E-state index contributed by atoms with van der Waals surface area (Å²) in [4.78, 5) is 12.8. The van der Waals surface area contributed by atoms with Gasteiger partial charge in [-0.25, -0.2) is 8.42 Å². The molecule has 0 fully saturated rings. The van der Waals surface area contributed by atoms with Crippen LogP contribution in [0.5, 0.6) is 11.5 Å². The summed E-state index contributed by atoms with van der Waals surface area (Å²) in [5.41, 5.74) is 1.24. The van der Waals surface area contributed by atoms with E-state index in [0.29, 0.717) is 41.0 Å². The quantitative estimate of drug-likeness (QED) is 0.721. The van der Waals surface area contributed by atoms with Gasteiger partial charge in [-0.05, 0) is 42.7 Å². The number of carbonyl (C=O) groups is 1. The van der Waals surface area contributed by atoms with Gasteiger partial charge in [-0.1, -0.05) is 31.5 Å². The molecule has 0 aliphatic carbocycles. The van der Waals surface area contributed by atoms with Gasteiger partial charge in [-0.15, -0.1) is 0 Å². The van der Waals surface area contributed by atoms with Crippen molar-refractivity contribution in [1.29, 1.82) is 0 Å². The first-order chi connectivity index (χ1) is 13.7. The van der Waals surface area contributed by atoms with Crippen LogP contribution >= 0.6 is 11.6 Å². The number of nitrogens with one attached hydrogen (secondary N) is 2. The normalized spacial score (nSPS) is 14.5. The molecule has 2 N–H and O–H groups in total. The van der Waals surface area contributed by atoms with Crippen LogP contribution < -0.4 is 19.5 Å². The second kappa shape index (κ2) is 8.61. The zero-order valence-corrected chi connectivity index (χ0v) is 17.9. The summed E-state index contributed by atoms with van der Waals surface area (Å²) in [5.74, 6) is 0.0944. The Kier molecular flexibility index (Phi) is 6.36. The van der Waals surface area contributed by atoms with E-state index in [0.717, 1.165) is 0 Å². The van der Waals surface area contributed by atoms with Gasteiger partial charge >= 0.3 is 0 Å². The highest BCUT2D eigenvalue weighted by Gasteiger charge is 2.29. The van der Waals surface area contributed by atoms with Crippen LogP contribution in [0, 0.1) is 12.8 Å². The molecule has 0 saturated carbocycles. The number of sulfonamides is 1. The molecular formula is C20H23ClN2O5S. The average molecular weight is 439 g/mol. The van der Waals surface area contributed by atoms with Crippen LogP contribution in [-0.2, 0) is 14.8 Å². The zero-order valence-electron chi connectivity index (χ0n) is 16.4. The number of anilines is 1. The predicted octanol–water partition coefficient (Wildman–Crippen LogP) is 3.36. The van der Waals surface area contributed by atoms with Gasteiger partial charge in [-0.2, -0.15) is 4.72 Å². The van der Waals surface area contributed by atoms with Gasteiger partial charge in [0.1, 0.15) is 19.3 Å². The molecular weight excluding hydrogens is 416 g/mol. The summed E-state index contributed by atoms with van der Waals surface area (Å²) < 4.78 is 39.2. The lowest BCUT2D eigenvalue weighted by Gasteiger charge is -2.23. The topological polar surface area (TPSA) is 93.7 Å². The summed E-state index contributed by atoms with van der Waals surface area (Å²) >= 11 is 6.10. The van der Waals surface area contributed by atoms with Gasteiger partial charge in [0.05, 0.1) is 4.90 Å². The van der Waals surface area contributed by atoms with E-state index < -0.39 is 22.0 Å². The van der Waals surface area contributed by atoms with Gasteiger partial charge in [0.2, 0.25) is 15.9 Å². The van der Waals surface area contributed by atoms with E-state index in [4.69, 9.17) is 21.1 Å². The minimum atomic E-state index is -3.97. The third-order valence-corrected chi connectivity index (χ3v) is 6.43. The fourth-order valence-corrected chi connectivity index (χ4v) is 4.41. The van der Waals surface area contributed by atoms with Crippen molar-refractivity contribution in [3.05, 3.63) is 47.0 Å². The standard InChI is InChI=1S/C20H23ClN2O5S/c1-12(2)19(20(24)22-16-6-4-5-15(21)13(16)3)23-29(25,26)14-7-8-17-18(11-14)28-10-9-27-17/h4-8,11-12,19,23H,9-10H2,1-3H3,(H,22,24)/t19-/m1/s1. The van der Waals surface area contributed by atoms with Crippen LogP contribution in [0.4, 0.5) is 5.69 Å². The molecule has 1 aliphatic rings. The van der Waals surface area contributed by atoms with Crippen LogP contribution in [0.2, 0.25) is 5.02 Å². The Morgan fingerprint density at radius 1 is 1.10 bits per heavy atom. The molecule has 9 heteroatoms. The molecule has 0 aromatic heterocycles. The summed E-state index contributed by atoms with van der Waals surface area (Å²) in [7, 11) is -3.97. The minimum Gasteiger partial charge on any atom is -0.486 e. The molecule has 0 bridgehead atoms. The van der Waals surface area contributed by atoms with E-state index in [2.05, 4.69) is 10.0 Å². The van der Waals surface area contributed by atoms with Crippen molar-refractivity contribution in [2.24, 2.45) is 5.92 Å². The molecule has 1 amide bonds. The molecule has 3 rings (SSSR count). The van der Waals surface area contributed by atoms with E-state index in [9.17, 15) is 13.2 Å². The van der Waals surface area contributed by atoms with Crippen molar-refractivity contribution < 1.29 is 22.7 Å².